The Labute approximate surface area is 117 Å². The normalized spacial score (nSPS) is 10.1. The van der Waals surface area contributed by atoms with Gasteiger partial charge in [-0.2, -0.15) is 8.42 Å². The molecule has 0 aromatic heterocycles. The second-order valence-corrected chi connectivity index (χ2v) is 4.33. The Kier molecular flexibility index (Phi) is 10.3. The van der Waals surface area contributed by atoms with Crippen LogP contribution in [0.3, 0.4) is 0 Å². The third kappa shape index (κ3) is 10.4. The topological polar surface area (TPSA) is 89.9 Å². The Bertz CT molecular complexity index is 323. The Balaban J connectivity index is 0. The molecule has 0 spiro atoms. The summed E-state index contributed by atoms with van der Waals surface area (Å²) in [6.45, 7) is 3.34. The number of esters is 1. The monoisotopic (exact) mass is 262 g/mol. The van der Waals surface area contributed by atoms with Gasteiger partial charge in [0.1, 0.15) is 0 Å². The molecule has 0 fully saturated rings. The molecule has 0 bridgehead atoms. The van der Waals surface area contributed by atoms with Crippen molar-refractivity contribution in [1.82, 2.24) is 0 Å². The Morgan fingerprint density at radius 2 is 1.94 bits per heavy atom. The SMILES string of the molecule is C=C(OC)C(=O)OCCCCS(=O)(=O)O.[NaH]. The van der Waals surface area contributed by atoms with E-state index < -0.39 is 16.1 Å². The predicted octanol–water partition coefficient (Wildman–Crippen LogP) is -0.291. The molecule has 0 saturated heterocycles. The van der Waals surface area contributed by atoms with Crippen LogP contribution in [-0.2, 0) is 24.4 Å². The van der Waals surface area contributed by atoms with Gasteiger partial charge in [-0.25, -0.2) is 4.79 Å². The van der Waals surface area contributed by atoms with E-state index in [1.807, 2.05) is 0 Å². The van der Waals surface area contributed by atoms with Crippen LogP contribution >= 0.6 is 0 Å². The molecule has 0 heterocycles. The number of ether oxygens (including phenoxy) is 2. The van der Waals surface area contributed by atoms with Crippen molar-refractivity contribution in [2.45, 2.75) is 12.8 Å². The van der Waals surface area contributed by atoms with Crippen molar-refractivity contribution in [3.8, 4) is 0 Å². The van der Waals surface area contributed by atoms with Gasteiger partial charge in [-0.15, -0.1) is 0 Å². The van der Waals surface area contributed by atoms with Crippen LogP contribution in [0.5, 0.6) is 0 Å². The molecule has 6 nitrogen and oxygen atoms in total. The fourth-order valence-corrected chi connectivity index (χ4v) is 1.28. The van der Waals surface area contributed by atoms with Crippen molar-refractivity contribution < 1.29 is 27.2 Å². The summed E-state index contributed by atoms with van der Waals surface area (Å²) < 4.78 is 38.2. The van der Waals surface area contributed by atoms with Gasteiger partial charge in [0.15, 0.2) is 5.76 Å². The number of hydrogen-bond acceptors (Lipinski definition) is 5. The molecule has 0 saturated carbocycles. The van der Waals surface area contributed by atoms with Crippen molar-refractivity contribution in [1.29, 1.82) is 0 Å². The van der Waals surface area contributed by atoms with Crippen molar-refractivity contribution in [3.05, 3.63) is 12.3 Å². The summed E-state index contributed by atoms with van der Waals surface area (Å²) in [7, 11) is -2.63. The Morgan fingerprint density at radius 1 is 1.38 bits per heavy atom. The first kappa shape index (κ1) is 18.3. The molecule has 0 aliphatic heterocycles. The predicted molar refractivity (Wildman–Crippen MR) is 59.9 cm³/mol. The first-order valence-electron chi connectivity index (χ1n) is 4.22. The average molecular weight is 262 g/mol. The molecule has 0 aliphatic carbocycles. The van der Waals surface area contributed by atoms with Crippen LogP contribution in [-0.4, -0.2) is 68.0 Å². The molecule has 1 N–H and O–H groups in total. The van der Waals surface area contributed by atoms with Gasteiger partial charge in [-0.3, -0.25) is 4.55 Å². The van der Waals surface area contributed by atoms with E-state index in [1.54, 1.807) is 0 Å². The van der Waals surface area contributed by atoms with E-state index in [1.165, 1.54) is 7.11 Å². The van der Waals surface area contributed by atoms with Gasteiger partial charge in [-0.05, 0) is 19.4 Å². The summed E-state index contributed by atoms with van der Waals surface area (Å²) in [4.78, 5) is 10.9. The van der Waals surface area contributed by atoms with Crippen LogP contribution < -0.4 is 0 Å². The van der Waals surface area contributed by atoms with E-state index in [9.17, 15) is 13.2 Å². The molecule has 90 valence electrons. The van der Waals surface area contributed by atoms with E-state index in [0.29, 0.717) is 6.42 Å². The maximum atomic E-state index is 10.9. The molecular weight excluding hydrogens is 247 g/mol. The molecule has 0 amide bonds. The van der Waals surface area contributed by atoms with E-state index in [2.05, 4.69) is 16.1 Å². The van der Waals surface area contributed by atoms with Gasteiger partial charge in [0.05, 0.1) is 19.5 Å². The molecule has 0 radical (unpaired) electrons. The van der Waals surface area contributed by atoms with Gasteiger partial charge < -0.3 is 9.47 Å². The molecule has 0 unspecified atom stereocenters. The molecule has 0 rings (SSSR count). The summed E-state index contributed by atoms with van der Waals surface area (Å²) >= 11 is 0. The Morgan fingerprint density at radius 3 is 2.38 bits per heavy atom. The third-order valence-corrected chi connectivity index (χ3v) is 2.31. The van der Waals surface area contributed by atoms with Crippen LogP contribution in [0.4, 0.5) is 0 Å². The first-order valence-corrected chi connectivity index (χ1v) is 5.83. The zero-order valence-corrected chi connectivity index (χ0v) is 9.25. The van der Waals surface area contributed by atoms with Gasteiger partial charge in [-0.1, -0.05) is 0 Å². The second-order valence-electron chi connectivity index (χ2n) is 2.76. The number of methoxy groups -OCH3 is 1. The van der Waals surface area contributed by atoms with E-state index in [-0.39, 0.29) is 54.1 Å². The zero-order valence-electron chi connectivity index (χ0n) is 8.43. The van der Waals surface area contributed by atoms with Crippen molar-refractivity contribution in [3.63, 3.8) is 0 Å². The van der Waals surface area contributed by atoms with E-state index in [4.69, 9.17) is 4.55 Å². The van der Waals surface area contributed by atoms with Gasteiger partial charge in [0.25, 0.3) is 10.1 Å². The van der Waals surface area contributed by atoms with Crippen LogP contribution in [0.15, 0.2) is 12.3 Å². The molecule has 0 aromatic rings. The summed E-state index contributed by atoms with van der Waals surface area (Å²) in [5.74, 6) is -1.12. The van der Waals surface area contributed by atoms with E-state index >= 15 is 0 Å². The van der Waals surface area contributed by atoms with Crippen LogP contribution in [0, 0.1) is 0 Å². The number of rotatable bonds is 7. The summed E-state index contributed by atoms with van der Waals surface area (Å²) in [5.41, 5.74) is 0. The molecular formula is C8H15NaO6S. The Hall–Kier alpha value is -0.0800. The van der Waals surface area contributed by atoms with Gasteiger partial charge in [0.2, 0.25) is 0 Å². The minimum absolute atomic E-state index is 0. The molecule has 8 heteroatoms. The fourth-order valence-electron chi connectivity index (χ4n) is 0.715. The van der Waals surface area contributed by atoms with Crippen LogP contribution in [0.25, 0.3) is 0 Å². The second kappa shape index (κ2) is 9.00. The van der Waals surface area contributed by atoms with Crippen molar-refractivity contribution in [2.75, 3.05) is 19.5 Å². The van der Waals surface area contributed by atoms with Crippen LogP contribution in [0.2, 0.25) is 0 Å². The van der Waals surface area contributed by atoms with Gasteiger partial charge >= 0.3 is 35.5 Å². The summed E-state index contributed by atoms with van der Waals surface area (Å²) in [6, 6.07) is 0. The average Bonchev–Trinajstić information content (AvgIpc) is 2.14. The maximum absolute atomic E-state index is 10.9. The van der Waals surface area contributed by atoms with Crippen LogP contribution in [0.1, 0.15) is 12.8 Å². The molecule has 16 heavy (non-hydrogen) atoms. The first-order chi connectivity index (χ1) is 6.87. The van der Waals surface area contributed by atoms with Crippen molar-refractivity contribution >= 4 is 45.6 Å². The number of hydrogen-bond donors (Lipinski definition) is 1. The van der Waals surface area contributed by atoms with Crippen molar-refractivity contribution in [2.24, 2.45) is 0 Å². The standard InChI is InChI=1S/C8H14O6S.Na.H/c1-7(13-2)8(9)14-5-3-4-6-15(10,11)12;;/h1,3-6H2,2H3,(H,10,11,12);;. The number of unbranched alkanes of at least 4 members (excludes halogenated alkanes) is 1. The quantitative estimate of drug-likeness (QED) is 0.169. The summed E-state index contributed by atoms with van der Waals surface area (Å²) in [6.07, 6.45) is 0.577. The zero-order chi connectivity index (χ0) is 11.9. The molecule has 0 atom stereocenters. The molecule has 0 aliphatic rings. The fraction of sp³-hybridized carbons (Fsp3) is 0.625. The van der Waals surface area contributed by atoms with Gasteiger partial charge in [0, 0.05) is 0 Å². The third-order valence-electron chi connectivity index (χ3n) is 1.50. The van der Waals surface area contributed by atoms with E-state index in [0.717, 1.165) is 0 Å². The minimum atomic E-state index is -3.93. The summed E-state index contributed by atoms with van der Waals surface area (Å²) in [5, 5.41) is 0. The number of carbonyl (C=O) groups is 1. The molecule has 0 aromatic carbocycles. The number of carbonyl (C=O) groups excluding carboxylic acids is 1.